The minimum Gasteiger partial charge on any atom is -0.328 e. The van der Waals surface area contributed by atoms with E-state index in [0.29, 0.717) is 13.0 Å². The second kappa shape index (κ2) is 3.97. The summed E-state index contributed by atoms with van der Waals surface area (Å²) in [5.41, 5.74) is 5.08. The Labute approximate surface area is 63.4 Å². The van der Waals surface area contributed by atoms with Crippen LogP contribution in [0.2, 0.25) is 0 Å². The van der Waals surface area contributed by atoms with Crippen molar-refractivity contribution in [2.24, 2.45) is 5.73 Å². The highest BCUT2D eigenvalue weighted by Crippen LogP contribution is 1.96. The molecule has 0 saturated carbocycles. The number of rotatable bonds is 4. The molecule has 1 heterocycles. The number of alkyl halides is 1. The minimum absolute atomic E-state index is 0.0577. The Morgan fingerprint density at radius 1 is 1.64 bits per heavy atom. The molecule has 5 nitrogen and oxygen atoms in total. The van der Waals surface area contributed by atoms with Gasteiger partial charge in [-0.15, -0.1) is 5.10 Å². The average Bonchev–Trinajstić information content (AvgIpc) is 2.52. The van der Waals surface area contributed by atoms with Crippen molar-refractivity contribution in [3.8, 4) is 0 Å². The highest BCUT2D eigenvalue weighted by molar-refractivity contribution is 4.56. The zero-order valence-electron chi connectivity index (χ0n) is 6.02. The molecule has 0 radical (unpaired) electrons. The molecule has 1 unspecified atom stereocenters. The summed E-state index contributed by atoms with van der Waals surface area (Å²) in [7, 11) is 0. The van der Waals surface area contributed by atoms with Gasteiger partial charge in [-0.05, 0) is 16.8 Å². The molecule has 0 amide bonds. The van der Waals surface area contributed by atoms with E-state index in [1.54, 1.807) is 0 Å². The molecule has 11 heavy (non-hydrogen) atoms. The lowest BCUT2D eigenvalue weighted by Crippen LogP contribution is -2.17. The summed E-state index contributed by atoms with van der Waals surface area (Å²) in [6.07, 6.45) is 0.851. The van der Waals surface area contributed by atoms with Gasteiger partial charge in [-0.2, -0.15) is 0 Å². The predicted octanol–water partition coefficient (Wildman–Crippen LogP) is -0.640. The fourth-order valence-corrected chi connectivity index (χ4v) is 0.673. The highest BCUT2D eigenvalue weighted by Gasteiger charge is 2.03. The number of aryl methyl sites for hydroxylation is 1. The van der Waals surface area contributed by atoms with E-state index >= 15 is 0 Å². The van der Waals surface area contributed by atoms with Crippen LogP contribution in [0.5, 0.6) is 0 Å². The average molecular weight is 159 g/mol. The van der Waals surface area contributed by atoms with Crippen LogP contribution in [0.25, 0.3) is 0 Å². The molecular formula is C5H10FN5. The molecule has 1 aromatic rings. The number of halogens is 1. The van der Waals surface area contributed by atoms with E-state index in [1.165, 1.54) is 11.0 Å². The summed E-state index contributed by atoms with van der Waals surface area (Å²) < 4.78 is 14.0. The fourth-order valence-electron chi connectivity index (χ4n) is 0.673. The number of nitrogens with zero attached hydrogens (tertiary/aromatic N) is 4. The molecule has 1 rings (SSSR count). The maximum atomic E-state index is 12.5. The van der Waals surface area contributed by atoms with Gasteiger partial charge in [0.25, 0.3) is 0 Å². The molecule has 0 spiro atoms. The Morgan fingerprint density at radius 3 is 3.00 bits per heavy atom. The van der Waals surface area contributed by atoms with Crippen LogP contribution in [-0.2, 0) is 6.54 Å². The van der Waals surface area contributed by atoms with Crippen LogP contribution in [0.4, 0.5) is 4.39 Å². The van der Waals surface area contributed by atoms with Crippen molar-refractivity contribution in [2.45, 2.75) is 19.1 Å². The first-order valence-electron chi connectivity index (χ1n) is 3.38. The molecular weight excluding hydrogens is 149 g/mol. The van der Waals surface area contributed by atoms with Crippen LogP contribution in [0.3, 0.4) is 0 Å². The first kappa shape index (κ1) is 8.06. The molecule has 2 N–H and O–H groups in total. The standard InChI is InChI=1S/C5H10FN5/c6-5(3-7)1-2-11-4-8-9-10-11/h4-5H,1-3,7H2. The third-order valence-corrected chi connectivity index (χ3v) is 1.32. The number of tetrazole rings is 1. The number of hydrogen-bond donors (Lipinski definition) is 1. The molecule has 0 aliphatic heterocycles. The van der Waals surface area contributed by atoms with E-state index in [2.05, 4.69) is 15.5 Å². The molecule has 0 saturated heterocycles. The summed E-state index contributed by atoms with van der Waals surface area (Å²) in [6.45, 7) is 0.535. The summed E-state index contributed by atoms with van der Waals surface area (Å²) in [5.74, 6) is 0. The largest absolute Gasteiger partial charge is 0.328 e. The third kappa shape index (κ3) is 2.58. The topological polar surface area (TPSA) is 69.6 Å². The van der Waals surface area contributed by atoms with Crippen molar-refractivity contribution < 1.29 is 4.39 Å². The minimum atomic E-state index is -0.959. The highest BCUT2D eigenvalue weighted by atomic mass is 19.1. The van der Waals surface area contributed by atoms with E-state index in [4.69, 9.17) is 5.73 Å². The number of nitrogens with two attached hydrogens (primary N) is 1. The van der Waals surface area contributed by atoms with E-state index in [0.717, 1.165) is 0 Å². The first-order chi connectivity index (χ1) is 5.33. The van der Waals surface area contributed by atoms with Crippen LogP contribution < -0.4 is 5.73 Å². The van der Waals surface area contributed by atoms with Crippen molar-refractivity contribution >= 4 is 0 Å². The van der Waals surface area contributed by atoms with Crippen LogP contribution in [-0.4, -0.2) is 32.9 Å². The zero-order valence-corrected chi connectivity index (χ0v) is 6.02. The molecule has 0 aliphatic carbocycles. The predicted molar refractivity (Wildman–Crippen MR) is 36.4 cm³/mol. The SMILES string of the molecule is NCC(F)CCn1cnnn1. The molecule has 0 bridgehead atoms. The first-order valence-corrected chi connectivity index (χ1v) is 3.38. The number of aromatic nitrogens is 4. The summed E-state index contributed by atoms with van der Waals surface area (Å²) in [5, 5.41) is 10.4. The third-order valence-electron chi connectivity index (χ3n) is 1.32. The van der Waals surface area contributed by atoms with Gasteiger partial charge in [0.1, 0.15) is 12.5 Å². The summed E-state index contributed by atoms with van der Waals surface area (Å²) in [4.78, 5) is 0. The lowest BCUT2D eigenvalue weighted by atomic mass is 10.3. The quantitative estimate of drug-likeness (QED) is 0.634. The molecule has 1 aromatic heterocycles. The Balaban J connectivity index is 2.23. The van der Waals surface area contributed by atoms with E-state index in [1.807, 2.05) is 0 Å². The van der Waals surface area contributed by atoms with Gasteiger partial charge < -0.3 is 5.73 Å². The van der Waals surface area contributed by atoms with Crippen molar-refractivity contribution in [3.05, 3.63) is 6.33 Å². The molecule has 1 atom stereocenters. The number of hydrogen-bond acceptors (Lipinski definition) is 4. The monoisotopic (exact) mass is 159 g/mol. The second-order valence-electron chi connectivity index (χ2n) is 2.19. The van der Waals surface area contributed by atoms with Gasteiger partial charge in [0.05, 0.1) is 0 Å². The smallest absolute Gasteiger partial charge is 0.138 e. The Morgan fingerprint density at radius 2 is 2.45 bits per heavy atom. The van der Waals surface area contributed by atoms with Crippen LogP contribution in [0.1, 0.15) is 6.42 Å². The second-order valence-corrected chi connectivity index (χ2v) is 2.19. The van der Waals surface area contributed by atoms with Crippen molar-refractivity contribution in [2.75, 3.05) is 6.54 Å². The molecule has 0 aromatic carbocycles. The van der Waals surface area contributed by atoms with E-state index < -0.39 is 6.17 Å². The Kier molecular flexibility index (Phi) is 2.91. The normalized spacial score (nSPS) is 13.3. The molecule has 0 fully saturated rings. The van der Waals surface area contributed by atoms with Crippen LogP contribution in [0, 0.1) is 0 Å². The van der Waals surface area contributed by atoms with Crippen LogP contribution >= 0.6 is 0 Å². The fraction of sp³-hybridized carbons (Fsp3) is 0.800. The van der Waals surface area contributed by atoms with Crippen molar-refractivity contribution in [1.82, 2.24) is 20.2 Å². The van der Waals surface area contributed by atoms with E-state index in [-0.39, 0.29) is 6.54 Å². The Hall–Kier alpha value is -1.04. The van der Waals surface area contributed by atoms with Gasteiger partial charge in [0.2, 0.25) is 0 Å². The molecule has 0 aliphatic rings. The Bertz CT molecular complexity index is 187. The van der Waals surface area contributed by atoms with Gasteiger partial charge in [0, 0.05) is 13.1 Å². The maximum Gasteiger partial charge on any atom is 0.138 e. The summed E-state index contributed by atoms with van der Waals surface area (Å²) >= 11 is 0. The van der Waals surface area contributed by atoms with Crippen molar-refractivity contribution in [3.63, 3.8) is 0 Å². The lowest BCUT2D eigenvalue weighted by molar-refractivity contribution is 0.302. The van der Waals surface area contributed by atoms with Gasteiger partial charge in [-0.3, -0.25) is 0 Å². The van der Waals surface area contributed by atoms with Gasteiger partial charge in [-0.25, -0.2) is 9.07 Å². The summed E-state index contributed by atoms with van der Waals surface area (Å²) in [6, 6.07) is 0. The van der Waals surface area contributed by atoms with Gasteiger partial charge in [-0.1, -0.05) is 0 Å². The van der Waals surface area contributed by atoms with Gasteiger partial charge in [0.15, 0.2) is 0 Å². The molecule has 6 heteroatoms. The zero-order chi connectivity index (χ0) is 8.10. The molecule has 62 valence electrons. The lowest BCUT2D eigenvalue weighted by Gasteiger charge is -2.02. The van der Waals surface area contributed by atoms with Crippen LogP contribution in [0.15, 0.2) is 6.33 Å². The van der Waals surface area contributed by atoms with Crippen molar-refractivity contribution in [1.29, 1.82) is 0 Å². The maximum absolute atomic E-state index is 12.5. The van der Waals surface area contributed by atoms with Gasteiger partial charge >= 0.3 is 0 Å². The van der Waals surface area contributed by atoms with E-state index in [9.17, 15) is 4.39 Å².